The molecule has 0 bridgehead atoms. The number of nitrogens with zero attached hydrogens (tertiary/aromatic N) is 2. The van der Waals surface area contributed by atoms with Gasteiger partial charge in [0.15, 0.2) is 5.13 Å². The average Bonchev–Trinajstić information content (AvgIpc) is 3.32. The SMILES string of the molecule is O=C(Nc1ncc(Cc2cccc(F)c2)s1)[C@H]1CC(c2cccc(F)c2)=NO1. The number of thiazole rings is 1. The first kappa shape index (κ1) is 18.2. The van der Waals surface area contributed by atoms with Gasteiger partial charge in [0.25, 0.3) is 5.91 Å². The van der Waals surface area contributed by atoms with Crippen molar-refractivity contribution in [3.63, 3.8) is 0 Å². The van der Waals surface area contributed by atoms with Crippen molar-refractivity contribution in [1.29, 1.82) is 0 Å². The van der Waals surface area contributed by atoms with E-state index in [1.54, 1.807) is 24.4 Å². The van der Waals surface area contributed by atoms with Crippen LogP contribution >= 0.6 is 11.3 Å². The van der Waals surface area contributed by atoms with Crippen molar-refractivity contribution in [2.75, 3.05) is 5.32 Å². The Labute approximate surface area is 163 Å². The minimum absolute atomic E-state index is 0.247. The van der Waals surface area contributed by atoms with Crippen molar-refractivity contribution in [3.8, 4) is 0 Å². The standard InChI is InChI=1S/C20H15F2N3O2S/c21-14-5-1-3-12(7-14)8-16-11-23-20(28-16)24-19(26)18-10-17(25-27-18)13-4-2-6-15(22)9-13/h1-7,9,11,18H,8,10H2,(H,23,24,26)/t18-/m1/s1. The number of amides is 1. The summed E-state index contributed by atoms with van der Waals surface area (Å²) in [7, 11) is 0. The second-order valence-corrected chi connectivity index (χ2v) is 7.39. The van der Waals surface area contributed by atoms with Crippen molar-refractivity contribution in [2.24, 2.45) is 5.16 Å². The summed E-state index contributed by atoms with van der Waals surface area (Å²) in [6.45, 7) is 0. The fraction of sp³-hybridized carbons (Fsp3) is 0.150. The summed E-state index contributed by atoms with van der Waals surface area (Å²) in [6, 6.07) is 12.3. The molecule has 0 fully saturated rings. The van der Waals surface area contributed by atoms with Gasteiger partial charge in [0, 0.05) is 29.5 Å². The Balaban J connectivity index is 1.35. The second kappa shape index (κ2) is 7.85. The highest BCUT2D eigenvalue weighted by atomic mass is 32.1. The van der Waals surface area contributed by atoms with Crippen molar-refractivity contribution in [1.82, 2.24) is 4.98 Å². The predicted molar refractivity (Wildman–Crippen MR) is 102 cm³/mol. The van der Waals surface area contributed by atoms with Crippen LogP contribution in [0.4, 0.5) is 13.9 Å². The lowest BCUT2D eigenvalue weighted by atomic mass is 10.0. The van der Waals surface area contributed by atoms with Crippen LogP contribution in [-0.4, -0.2) is 22.7 Å². The van der Waals surface area contributed by atoms with E-state index in [0.29, 0.717) is 22.8 Å². The molecular formula is C20H15F2N3O2S. The number of oxime groups is 1. The van der Waals surface area contributed by atoms with Gasteiger partial charge in [-0.25, -0.2) is 13.8 Å². The van der Waals surface area contributed by atoms with Gasteiger partial charge in [0.2, 0.25) is 6.10 Å². The summed E-state index contributed by atoms with van der Waals surface area (Å²) in [5.41, 5.74) is 1.93. The van der Waals surface area contributed by atoms with Gasteiger partial charge in [0.1, 0.15) is 11.6 Å². The Kier molecular flexibility index (Phi) is 5.12. The van der Waals surface area contributed by atoms with E-state index < -0.39 is 6.10 Å². The molecule has 1 amide bonds. The van der Waals surface area contributed by atoms with E-state index in [9.17, 15) is 13.6 Å². The molecule has 0 saturated heterocycles. The van der Waals surface area contributed by atoms with Gasteiger partial charge >= 0.3 is 0 Å². The van der Waals surface area contributed by atoms with Crippen LogP contribution in [-0.2, 0) is 16.1 Å². The largest absolute Gasteiger partial charge is 0.382 e. The first-order valence-electron chi connectivity index (χ1n) is 8.55. The summed E-state index contributed by atoms with van der Waals surface area (Å²) in [6.07, 6.45) is 1.62. The molecule has 0 unspecified atom stereocenters. The van der Waals surface area contributed by atoms with Gasteiger partial charge in [0.05, 0.1) is 5.71 Å². The van der Waals surface area contributed by atoms with Crippen LogP contribution in [0.3, 0.4) is 0 Å². The lowest BCUT2D eigenvalue weighted by Gasteiger charge is -2.07. The minimum atomic E-state index is -0.797. The maximum Gasteiger partial charge on any atom is 0.270 e. The number of halogens is 2. The highest BCUT2D eigenvalue weighted by Crippen LogP contribution is 2.23. The lowest BCUT2D eigenvalue weighted by Crippen LogP contribution is -2.27. The minimum Gasteiger partial charge on any atom is -0.382 e. The Morgan fingerprint density at radius 1 is 1.18 bits per heavy atom. The van der Waals surface area contributed by atoms with Crippen LogP contribution in [0.1, 0.15) is 22.4 Å². The molecule has 1 atom stereocenters. The Hall–Kier alpha value is -3.13. The zero-order chi connectivity index (χ0) is 19.5. The molecule has 1 N–H and O–H groups in total. The molecular weight excluding hydrogens is 384 g/mol. The van der Waals surface area contributed by atoms with Crippen LogP contribution < -0.4 is 5.32 Å². The summed E-state index contributed by atoms with van der Waals surface area (Å²) in [4.78, 5) is 22.7. The van der Waals surface area contributed by atoms with E-state index in [2.05, 4.69) is 15.5 Å². The van der Waals surface area contributed by atoms with Crippen molar-refractivity contribution < 1.29 is 18.4 Å². The Bertz CT molecular complexity index is 1050. The molecule has 142 valence electrons. The van der Waals surface area contributed by atoms with E-state index in [0.717, 1.165) is 10.4 Å². The maximum atomic E-state index is 13.3. The highest BCUT2D eigenvalue weighted by molar-refractivity contribution is 7.15. The molecule has 3 aromatic rings. The molecule has 5 nitrogen and oxygen atoms in total. The van der Waals surface area contributed by atoms with Gasteiger partial charge in [-0.2, -0.15) is 0 Å². The van der Waals surface area contributed by atoms with E-state index in [-0.39, 0.29) is 24.0 Å². The van der Waals surface area contributed by atoms with Crippen LogP contribution in [0.25, 0.3) is 0 Å². The number of aromatic nitrogens is 1. The molecule has 0 aliphatic carbocycles. The number of carbonyl (C=O) groups is 1. The van der Waals surface area contributed by atoms with Crippen LogP contribution in [0.2, 0.25) is 0 Å². The number of hydrogen-bond donors (Lipinski definition) is 1. The molecule has 2 heterocycles. The molecule has 0 radical (unpaired) electrons. The van der Waals surface area contributed by atoms with Crippen LogP contribution in [0.15, 0.2) is 59.9 Å². The number of nitrogens with one attached hydrogen (secondary N) is 1. The number of hydrogen-bond acceptors (Lipinski definition) is 5. The van der Waals surface area contributed by atoms with E-state index in [1.165, 1.54) is 35.6 Å². The molecule has 1 aliphatic heterocycles. The smallest absolute Gasteiger partial charge is 0.270 e. The Morgan fingerprint density at radius 2 is 1.96 bits per heavy atom. The summed E-state index contributed by atoms with van der Waals surface area (Å²) < 4.78 is 26.6. The zero-order valence-corrected chi connectivity index (χ0v) is 15.4. The molecule has 0 saturated carbocycles. The zero-order valence-electron chi connectivity index (χ0n) is 14.6. The van der Waals surface area contributed by atoms with Crippen molar-refractivity contribution >= 4 is 28.1 Å². The molecule has 0 spiro atoms. The van der Waals surface area contributed by atoms with Crippen LogP contribution in [0, 0.1) is 11.6 Å². The van der Waals surface area contributed by atoms with E-state index in [4.69, 9.17) is 4.84 Å². The summed E-state index contributed by atoms with van der Waals surface area (Å²) in [5, 5.41) is 7.03. The third-order valence-electron chi connectivity index (χ3n) is 4.17. The summed E-state index contributed by atoms with van der Waals surface area (Å²) >= 11 is 1.31. The monoisotopic (exact) mass is 399 g/mol. The number of benzene rings is 2. The Morgan fingerprint density at radius 3 is 2.75 bits per heavy atom. The fourth-order valence-electron chi connectivity index (χ4n) is 2.84. The van der Waals surface area contributed by atoms with Gasteiger partial charge in [-0.05, 0) is 29.8 Å². The van der Waals surface area contributed by atoms with Gasteiger partial charge in [-0.3, -0.25) is 10.1 Å². The number of carbonyl (C=O) groups excluding carboxylic acids is 1. The normalized spacial score (nSPS) is 15.8. The van der Waals surface area contributed by atoms with Crippen molar-refractivity contribution in [3.05, 3.63) is 82.4 Å². The van der Waals surface area contributed by atoms with Crippen LogP contribution in [0.5, 0.6) is 0 Å². The van der Waals surface area contributed by atoms with Gasteiger partial charge < -0.3 is 4.84 Å². The molecule has 28 heavy (non-hydrogen) atoms. The van der Waals surface area contributed by atoms with E-state index in [1.807, 2.05) is 6.07 Å². The van der Waals surface area contributed by atoms with Gasteiger partial charge in [-0.15, -0.1) is 11.3 Å². The molecule has 1 aliphatic rings. The first-order chi connectivity index (χ1) is 13.6. The third-order valence-corrected chi connectivity index (χ3v) is 5.08. The molecule has 1 aromatic heterocycles. The summed E-state index contributed by atoms with van der Waals surface area (Å²) in [5.74, 6) is -1.04. The lowest BCUT2D eigenvalue weighted by molar-refractivity contribution is -0.125. The number of rotatable bonds is 5. The quantitative estimate of drug-likeness (QED) is 0.701. The van der Waals surface area contributed by atoms with Crippen molar-refractivity contribution in [2.45, 2.75) is 18.9 Å². The first-order valence-corrected chi connectivity index (χ1v) is 9.37. The fourth-order valence-corrected chi connectivity index (χ4v) is 3.69. The topological polar surface area (TPSA) is 63.6 Å². The third kappa shape index (κ3) is 4.23. The number of anilines is 1. The van der Waals surface area contributed by atoms with Gasteiger partial charge in [-0.1, -0.05) is 29.4 Å². The second-order valence-electron chi connectivity index (χ2n) is 6.27. The maximum absolute atomic E-state index is 13.3. The molecule has 4 rings (SSSR count). The van der Waals surface area contributed by atoms with E-state index >= 15 is 0 Å². The molecule has 8 heteroatoms. The molecule has 2 aromatic carbocycles. The average molecular weight is 399 g/mol. The highest BCUT2D eigenvalue weighted by Gasteiger charge is 2.29. The predicted octanol–water partition coefficient (Wildman–Crippen LogP) is 4.14.